The second-order valence-corrected chi connectivity index (χ2v) is 4.67. The maximum Gasteiger partial charge on any atom is 0.256 e. The van der Waals surface area contributed by atoms with Crippen molar-refractivity contribution in [1.29, 1.82) is 0 Å². The molecule has 0 saturated heterocycles. The third-order valence-corrected chi connectivity index (χ3v) is 3.06. The lowest BCUT2D eigenvalue weighted by Crippen LogP contribution is -2.10. The molecule has 1 N–H and O–H groups in total. The van der Waals surface area contributed by atoms with E-state index in [0.717, 1.165) is 11.1 Å². The first kappa shape index (κ1) is 13.4. The number of halogens is 1. The molecule has 0 aliphatic heterocycles. The van der Waals surface area contributed by atoms with E-state index in [1.807, 2.05) is 13.0 Å². The van der Waals surface area contributed by atoms with Crippen LogP contribution in [0.5, 0.6) is 0 Å². The number of aromatic nitrogens is 6. The molecule has 0 bridgehead atoms. The predicted octanol–water partition coefficient (Wildman–Crippen LogP) is 2.03. The summed E-state index contributed by atoms with van der Waals surface area (Å²) in [6, 6.07) is 3.73. The minimum Gasteiger partial charge on any atom is -0.350 e. The van der Waals surface area contributed by atoms with Crippen LogP contribution in [0.3, 0.4) is 0 Å². The van der Waals surface area contributed by atoms with Gasteiger partial charge < -0.3 is 5.32 Å². The Morgan fingerprint density at radius 2 is 2.14 bits per heavy atom. The van der Waals surface area contributed by atoms with Crippen LogP contribution in [0.2, 0.25) is 5.28 Å². The Hall–Kier alpha value is -2.54. The molecule has 0 atom stereocenters. The fraction of sp³-hybridized carbons (Fsp3) is 0.154. The first-order valence-electron chi connectivity index (χ1n) is 6.27. The van der Waals surface area contributed by atoms with Gasteiger partial charge in [-0.2, -0.15) is 20.1 Å². The molecule has 3 aromatic rings. The average Bonchev–Trinajstić information content (AvgIpc) is 3.00. The number of hydrogen-bond acceptors (Lipinski definition) is 6. The van der Waals surface area contributed by atoms with E-state index in [0.29, 0.717) is 18.4 Å². The maximum atomic E-state index is 5.92. The lowest BCUT2D eigenvalue weighted by molar-refractivity contribution is 0.794. The molecule has 0 spiro atoms. The van der Waals surface area contributed by atoms with Gasteiger partial charge in [0.1, 0.15) is 0 Å². The smallest absolute Gasteiger partial charge is 0.256 e. The fourth-order valence-corrected chi connectivity index (χ4v) is 1.92. The summed E-state index contributed by atoms with van der Waals surface area (Å²) in [6.07, 6.45) is 6.94. The summed E-state index contributed by atoms with van der Waals surface area (Å²) in [5, 5.41) is 7.30. The highest BCUT2D eigenvalue weighted by atomic mass is 35.5. The van der Waals surface area contributed by atoms with Crippen LogP contribution in [0.4, 0.5) is 5.95 Å². The molecule has 0 unspecified atom stereocenters. The standard InChI is InChI=1S/C13H12ClN7/c1-9-3-5-15-7-10(9)8-16-12-18-11(14)19-13(20-12)21-6-2-4-17-21/h2-7H,8H2,1H3,(H,16,18,19,20). The largest absolute Gasteiger partial charge is 0.350 e. The van der Waals surface area contributed by atoms with Gasteiger partial charge in [-0.05, 0) is 41.8 Å². The number of nitrogens with one attached hydrogen (secondary N) is 1. The summed E-state index contributed by atoms with van der Waals surface area (Å²) < 4.78 is 1.52. The molecule has 0 aliphatic rings. The normalized spacial score (nSPS) is 10.6. The van der Waals surface area contributed by atoms with Crippen LogP contribution in [0.1, 0.15) is 11.1 Å². The molecule has 3 rings (SSSR count). The highest BCUT2D eigenvalue weighted by molar-refractivity contribution is 6.28. The third kappa shape index (κ3) is 3.14. The van der Waals surface area contributed by atoms with Crippen molar-refractivity contribution in [2.75, 3.05) is 5.32 Å². The summed E-state index contributed by atoms with van der Waals surface area (Å²) in [5.41, 5.74) is 2.21. The van der Waals surface area contributed by atoms with Gasteiger partial charge in [-0.1, -0.05) is 0 Å². The molecule has 7 nitrogen and oxygen atoms in total. The quantitative estimate of drug-likeness (QED) is 0.794. The summed E-state index contributed by atoms with van der Waals surface area (Å²) in [7, 11) is 0. The number of pyridine rings is 1. The maximum absolute atomic E-state index is 5.92. The predicted molar refractivity (Wildman–Crippen MR) is 78.3 cm³/mol. The lowest BCUT2D eigenvalue weighted by Gasteiger charge is -2.08. The van der Waals surface area contributed by atoms with Crippen LogP contribution in [-0.4, -0.2) is 29.7 Å². The summed E-state index contributed by atoms with van der Waals surface area (Å²) >= 11 is 5.92. The summed E-state index contributed by atoms with van der Waals surface area (Å²) in [6.45, 7) is 2.58. The van der Waals surface area contributed by atoms with Gasteiger partial charge in [0.15, 0.2) is 0 Å². The van der Waals surface area contributed by atoms with E-state index in [4.69, 9.17) is 11.6 Å². The highest BCUT2D eigenvalue weighted by Crippen LogP contribution is 2.11. The first-order chi connectivity index (χ1) is 10.2. The van der Waals surface area contributed by atoms with Gasteiger partial charge in [0.2, 0.25) is 11.2 Å². The van der Waals surface area contributed by atoms with Gasteiger partial charge >= 0.3 is 0 Å². The summed E-state index contributed by atoms with van der Waals surface area (Å²) in [5.74, 6) is 0.758. The van der Waals surface area contributed by atoms with Gasteiger partial charge in [0, 0.05) is 31.3 Å². The summed E-state index contributed by atoms with van der Waals surface area (Å²) in [4.78, 5) is 16.5. The zero-order valence-corrected chi connectivity index (χ0v) is 12.0. The highest BCUT2D eigenvalue weighted by Gasteiger charge is 2.07. The molecule has 0 saturated carbocycles. The number of anilines is 1. The van der Waals surface area contributed by atoms with E-state index >= 15 is 0 Å². The minimum atomic E-state index is 0.112. The van der Waals surface area contributed by atoms with E-state index in [1.165, 1.54) is 4.68 Å². The Labute approximate surface area is 126 Å². The fourth-order valence-electron chi connectivity index (χ4n) is 1.76. The van der Waals surface area contributed by atoms with E-state index < -0.39 is 0 Å². The lowest BCUT2D eigenvalue weighted by atomic mass is 10.2. The van der Waals surface area contributed by atoms with Gasteiger partial charge in [-0.3, -0.25) is 4.98 Å². The molecule has 0 aliphatic carbocycles. The van der Waals surface area contributed by atoms with Gasteiger partial charge in [-0.15, -0.1) is 0 Å². The SMILES string of the molecule is Cc1ccncc1CNc1nc(Cl)nc(-n2cccn2)n1. The van der Waals surface area contributed by atoms with E-state index in [9.17, 15) is 0 Å². The van der Waals surface area contributed by atoms with Crippen molar-refractivity contribution in [3.63, 3.8) is 0 Å². The number of rotatable bonds is 4. The Morgan fingerprint density at radius 1 is 1.24 bits per heavy atom. The van der Waals surface area contributed by atoms with Crippen LogP contribution in [-0.2, 0) is 6.54 Å². The van der Waals surface area contributed by atoms with Crippen LogP contribution in [0.25, 0.3) is 5.95 Å². The Morgan fingerprint density at radius 3 is 2.90 bits per heavy atom. The van der Waals surface area contributed by atoms with Gasteiger partial charge in [-0.25, -0.2) is 4.68 Å². The number of hydrogen-bond donors (Lipinski definition) is 1. The molecule has 106 valence electrons. The van der Waals surface area contributed by atoms with Crippen molar-refractivity contribution >= 4 is 17.5 Å². The molecular formula is C13H12ClN7. The second-order valence-electron chi connectivity index (χ2n) is 4.33. The van der Waals surface area contributed by atoms with Crippen molar-refractivity contribution in [3.05, 3.63) is 53.3 Å². The van der Waals surface area contributed by atoms with Gasteiger partial charge in [0.05, 0.1) is 0 Å². The zero-order chi connectivity index (χ0) is 14.7. The molecule has 0 fully saturated rings. The molecule has 3 heterocycles. The van der Waals surface area contributed by atoms with Crippen LogP contribution >= 0.6 is 11.6 Å². The van der Waals surface area contributed by atoms with Crippen LogP contribution < -0.4 is 5.32 Å². The monoisotopic (exact) mass is 301 g/mol. The van der Waals surface area contributed by atoms with Crippen molar-refractivity contribution < 1.29 is 0 Å². The Kier molecular flexibility index (Phi) is 3.74. The molecule has 0 radical (unpaired) electrons. The molecule has 0 amide bonds. The van der Waals surface area contributed by atoms with Crippen molar-refractivity contribution in [2.45, 2.75) is 13.5 Å². The van der Waals surface area contributed by atoms with Crippen LogP contribution in [0, 0.1) is 6.92 Å². The van der Waals surface area contributed by atoms with Gasteiger partial charge in [0.25, 0.3) is 5.95 Å². The molecule has 0 aromatic carbocycles. The van der Waals surface area contributed by atoms with Crippen molar-refractivity contribution in [2.24, 2.45) is 0 Å². The van der Waals surface area contributed by atoms with Crippen molar-refractivity contribution in [3.8, 4) is 5.95 Å². The van der Waals surface area contributed by atoms with Crippen molar-refractivity contribution in [1.82, 2.24) is 29.7 Å². The second kappa shape index (κ2) is 5.84. The minimum absolute atomic E-state index is 0.112. The molecule has 8 heteroatoms. The van der Waals surface area contributed by atoms with Crippen LogP contribution in [0.15, 0.2) is 36.9 Å². The Bertz CT molecular complexity index is 742. The van der Waals surface area contributed by atoms with E-state index in [1.54, 1.807) is 30.9 Å². The van der Waals surface area contributed by atoms with E-state index in [-0.39, 0.29) is 5.28 Å². The molecule has 3 aromatic heterocycles. The average molecular weight is 302 g/mol. The number of nitrogens with zero attached hydrogens (tertiary/aromatic N) is 6. The molecular weight excluding hydrogens is 290 g/mol. The zero-order valence-electron chi connectivity index (χ0n) is 11.2. The first-order valence-corrected chi connectivity index (χ1v) is 6.65. The topological polar surface area (TPSA) is 81.4 Å². The molecule has 21 heavy (non-hydrogen) atoms. The third-order valence-electron chi connectivity index (χ3n) is 2.89. The van der Waals surface area contributed by atoms with E-state index in [2.05, 4.69) is 30.4 Å². The number of aryl methyl sites for hydroxylation is 1. The Balaban J connectivity index is 1.81.